The molecule has 112 valence electrons. The molecule has 6 heteroatoms. The summed E-state index contributed by atoms with van der Waals surface area (Å²) in [5.41, 5.74) is 1.04. The van der Waals surface area contributed by atoms with E-state index in [0.717, 1.165) is 0 Å². The molecule has 0 aliphatic carbocycles. The second-order valence-corrected chi connectivity index (χ2v) is 5.70. The number of aryl methyl sites for hydroxylation is 1. The van der Waals surface area contributed by atoms with Crippen LogP contribution in [-0.2, 0) is 9.47 Å². The Kier molecular flexibility index (Phi) is 3.72. The first-order valence-corrected chi connectivity index (χ1v) is 6.54. The first-order chi connectivity index (χ1) is 9.73. The quantitative estimate of drug-likeness (QED) is 0.755. The van der Waals surface area contributed by atoms with Crippen LogP contribution >= 0.6 is 0 Å². The number of rotatable bonds is 1. The van der Waals surface area contributed by atoms with Gasteiger partial charge in [0, 0.05) is 5.39 Å². The van der Waals surface area contributed by atoms with Crippen molar-refractivity contribution >= 4 is 23.0 Å². The second-order valence-electron chi connectivity index (χ2n) is 5.70. The molecule has 0 amide bonds. The highest BCUT2D eigenvalue weighted by Crippen LogP contribution is 2.21. The lowest BCUT2D eigenvalue weighted by molar-refractivity contribution is 0.0521. The average Bonchev–Trinajstić information content (AvgIpc) is 2.73. The van der Waals surface area contributed by atoms with Gasteiger partial charge in [-0.2, -0.15) is 9.78 Å². The van der Waals surface area contributed by atoms with Crippen LogP contribution < -0.4 is 0 Å². The van der Waals surface area contributed by atoms with Crippen LogP contribution in [0.2, 0.25) is 0 Å². The predicted molar refractivity (Wildman–Crippen MR) is 77.4 cm³/mol. The van der Waals surface area contributed by atoms with Crippen molar-refractivity contribution in [1.82, 2.24) is 9.78 Å². The zero-order chi connectivity index (χ0) is 15.8. The molecule has 0 radical (unpaired) electrons. The van der Waals surface area contributed by atoms with Crippen LogP contribution in [0.3, 0.4) is 0 Å². The molecule has 0 bridgehead atoms. The minimum Gasteiger partial charge on any atom is -0.465 e. The van der Waals surface area contributed by atoms with Crippen molar-refractivity contribution in [1.29, 1.82) is 0 Å². The van der Waals surface area contributed by atoms with E-state index in [2.05, 4.69) is 9.84 Å². The largest absolute Gasteiger partial charge is 0.465 e. The zero-order valence-corrected chi connectivity index (χ0v) is 12.8. The van der Waals surface area contributed by atoms with Crippen molar-refractivity contribution in [3.05, 3.63) is 29.5 Å². The lowest BCUT2D eigenvalue weighted by atomic mass is 10.1. The maximum absolute atomic E-state index is 12.1. The van der Waals surface area contributed by atoms with Crippen molar-refractivity contribution in [2.45, 2.75) is 33.3 Å². The van der Waals surface area contributed by atoms with Crippen molar-refractivity contribution in [3.8, 4) is 0 Å². The van der Waals surface area contributed by atoms with Gasteiger partial charge < -0.3 is 9.47 Å². The summed E-state index contributed by atoms with van der Waals surface area (Å²) < 4.78 is 11.2. The Labute approximate surface area is 122 Å². The fourth-order valence-corrected chi connectivity index (χ4v) is 1.96. The van der Waals surface area contributed by atoms with Gasteiger partial charge in [-0.3, -0.25) is 0 Å². The van der Waals surface area contributed by atoms with E-state index in [1.165, 1.54) is 11.8 Å². The van der Waals surface area contributed by atoms with Gasteiger partial charge in [0.1, 0.15) is 5.60 Å². The Balaban J connectivity index is 2.49. The summed E-state index contributed by atoms with van der Waals surface area (Å²) in [5.74, 6) is -0.429. The van der Waals surface area contributed by atoms with Crippen LogP contribution in [0.1, 0.15) is 36.8 Å². The van der Waals surface area contributed by atoms with Crippen LogP contribution in [0.15, 0.2) is 18.2 Å². The number of ether oxygens (including phenoxy) is 2. The maximum Gasteiger partial charge on any atom is 0.435 e. The fourth-order valence-electron chi connectivity index (χ4n) is 1.96. The Bertz CT molecular complexity index is 710. The second kappa shape index (κ2) is 5.20. The predicted octanol–water partition coefficient (Wildman–Crippen LogP) is 2.91. The Hall–Kier alpha value is -2.37. The van der Waals surface area contributed by atoms with Gasteiger partial charge in [0.25, 0.3) is 0 Å². The summed E-state index contributed by atoms with van der Waals surface area (Å²) in [4.78, 5) is 23.7. The van der Waals surface area contributed by atoms with Gasteiger partial charge in [-0.1, -0.05) is 0 Å². The molecule has 0 N–H and O–H groups in total. The standard InChI is InChI=1S/C15H18N2O4/c1-9-11-8-10(13(18)20-5)6-7-12(11)17(16-9)14(19)21-15(2,3)4/h6-8H,1-5H3. The number of carbonyl (C=O) groups excluding carboxylic acids is 2. The molecule has 0 aliphatic rings. The maximum atomic E-state index is 12.1. The SMILES string of the molecule is COC(=O)c1ccc2c(c1)c(C)nn2C(=O)OC(C)(C)C. The molecule has 0 saturated carbocycles. The van der Waals surface area contributed by atoms with E-state index in [-0.39, 0.29) is 0 Å². The van der Waals surface area contributed by atoms with Crippen LogP contribution in [-0.4, -0.2) is 34.6 Å². The monoisotopic (exact) mass is 290 g/mol. The number of hydrogen-bond acceptors (Lipinski definition) is 5. The van der Waals surface area contributed by atoms with Gasteiger partial charge in [-0.15, -0.1) is 0 Å². The molecule has 2 aromatic rings. The number of carbonyl (C=O) groups is 2. The fraction of sp³-hybridized carbons (Fsp3) is 0.400. The van der Waals surface area contributed by atoms with Gasteiger partial charge in [-0.05, 0) is 45.9 Å². The third-order valence-corrected chi connectivity index (χ3v) is 2.85. The topological polar surface area (TPSA) is 70.4 Å². The molecule has 2 rings (SSSR count). The molecular formula is C15H18N2O4. The number of hydrogen-bond donors (Lipinski definition) is 0. The lowest BCUT2D eigenvalue weighted by Crippen LogP contribution is -2.27. The minimum absolute atomic E-state index is 0.414. The highest BCUT2D eigenvalue weighted by molar-refractivity contribution is 5.97. The number of fused-ring (bicyclic) bond motifs is 1. The van der Waals surface area contributed by atoms with E-state index in [0.29, 0.717) is 22.2 Å². The van der Waals surface area contributed by atoms with E-state index < -0.39 is 17.7 Å². The number of benzene rings is 1. The van der Waals surface area contributed by atoms with Gasteiger partial charge >= 0.3 is 12.1 Å². The number of aromatic nitrogens is 2. The normalized spacial score (nSPS) is 11.5. The Morgan fingerprint density at radius 3 is 2.48 bits per heavy atom. The van der Waals surface area contributed by atoms with E-state index in [4.69, 9.17) is 4.74 Å². The summed E-state index contributed by atoms with van der Waals surface area (Å²) in [6.45, 7) is 7.14. The van der Waals surface area contributed by atoms with Crippen molar-refractivity contribution in [3.63, 3.8) is 0 Å². The first kappa shape index (κ1) is 15.0. The molecule has 1 aromatic carbocycles. The van der Waals surface area contributed by atoms with E-state index >= 15 is 0 Å². The average molecular weight is 290 g/mol. The number of nitrogens with zero attached hydrogens (tertiary/aromatic N) is 2. The summed E-state index contributed by atoms with van der Waals surface area (Å²) in [6, 6.07) is 4.91. The Morgan fingerprint density at radius 2 is 1.90 bits per heavy atom. The highest BCUT2D eigenvalue weighted by atomic mass is 16.6. The molecule has 0 aliphatic heterocycles. The number of esters is 1. The number of methoxy groups -OCH3 is 1. The van der Waals surface area contributed by atoms with Gasteiger partial charge in [0.15, 0.2) is 0 Å². The summed E-state index contributed by atoms with van der Waals surface area (Å²) in [6.07, 6.45) is -0.550. The third kappa shape index (κ3) is 3.04. The van der Waals surface area contributed by atoms with Crippen molar-refractivity contribution in [2.75, 3.05) is 7.11 Å². The molecule has 0 atom stereocenters. The molecule has 0 unspecified atom stereocenters. The minimum atomic E-state index is -0.602. The molecule has 6 nitrogen and oxygen atoms in total. The van der Waals surface area contributed by atoms with Gasteiger partial charge in [0.05, 0.1) is 23.9 Å². The van der Waals surface area contributed by atoms with E-state index in [1.807, 2.05) is 0 Å². The molecular weight excluding hydrogens is 272 g/mol. The van der Waals surface area contributed by atoms with Crippen LogP contribution in [0.4, 0.5) is 4.79 Å². The Morgan fingerprint density at radius 1 is 1.24 bits per heavy atom. The lowest BCUT2D eigenvalue weighted by Gasteiger charge is -2.19. The van der Waals surface area contributed by atoms with Crippen molar-refractivity contribution in [2.24, 2.45) is 0 Å². The van der Waals surface area contributed by atoms with Crippen molar-refractivity contribution < 1.29 is 19.1 Å². The summed E-state index contributed by atoms with van der Waals surface area (Å²) >= 11 is 0. The molecule has 1 heterocycles. The van der Waals surface area contributed by atoms with E-state index in [9.17, 15) is 9.59 Å². The molecule has 0 fully saturated rings. The smallest absolute Gasteiger partial charge is 0.435 e. The zero-order valence-electron chi connectivity index (χ0n) is 12.8. The molecule has 1 aromatic heterocycles. The summed E-state index contributed by atoms with van der Waals surface area (Å²) in [5, 5.41) is 4.90. The van der Waals surface area contributed by atoms with Gasteiger partial charge in [-0.25, -0.2) is 9.59 Å². The van der Waals surface area contributed by atoms with Crippen LogP contribution in [0, 0.1) is 6.92 Å². The molecule has 21 heavy (non-hydrogen) atoms. The van der Waals surface area contributed by atoms with E-state index in [1.54, 1.807) is 45.9 Å². The van der Waals surface area contributed by atoms with Crippen LogP contribution in [0.25, 0.3) is 10.9 Å². The molecule has 0 saturated heterocycles. The van der Waals surface area contributed by atoms with Crippen LogP contribution in [0.5, 0.6) is 0 Å². The van der Waals surface area contributed by atoms with Gasteiger partial charge in [0.2, 0.25) is 0 Å². The third-order valence-electron chi connectivity index (χ3n) is 2.85. The summed E-state index contributed by atoms with van der Waals surface area (Å²) in [7, 11) is 1.32. The highest BCUT2D eigenvalue weighted by Gasteiger charge is 2.21. The molecule has 0 spiro atoms. The first-order valence-electron chi connectivity index (χ1n) is 6.54.